The first kappa shape index (κ1) is 21.2. The summed E-state index contributed by atoms with van der Waals surface area (Å²) in [6.45, 7) is 8.48. The third kappa shape index (κ3) is 4.53. The molecule has 0 aliphatic carbocycles. The number of pyridine rings is 1. The SMILES string of the molecule is CCN1CCC(n2cc(-c3nc(N)ncc3F)c3cc(C#CC(C)(C)O)ncc32)CC1. The third-order valence-electron chi connectivity index (χ3n) is 5.63. The molecular formula is C23H27FN6O. The fourth-order valence-electron chi connectivity index (χ4n) is 4.01. The minimum Gasteiger partial charge on any atom is -0.378 e. The molecule has 162 valence electrons. The molecule has 4 rings (SSSR count). The summed E-state index contributed by atoms with van der Waals surface area (Å²) in [4.78, 5) is 14.8. The normalized spacial score (nSPS) is 15.8. The maximum Gasteiger partial charge on any atom is 0.220 e. The van der Waals surface area contributed by atoms with E-state index in [9.17, 15) is 9.50 Å². The third-order valence-corrected chi connectivity index (χ3v) is 5.63. The number of nitrogens with zero attached hydrogens (tertiary/aromatic N) is 5. The largest absolute Gasteiger partial charge is 0.378 e. The number of nitrogen functional groups attached to an aromatic ring is 1. The number of aliphatic hydroxyl groups is 1. The molecule has 3 N–H and O–H groups in total. The molecule has 1 aliphatic heterocycles. The molecule has 0 bridgehead atoms. The molecule has 1 saturated heterocycles. The van der Waals surface area contributed by atoms with Crippen molar-refractivity contribution in [2.24, 2.45) is 0 Å². The minimum atomic E-state index is -1.13. The maximum absolute atomic E-state index is 14.7. The Morgan fingerprint density at radius 2 is 2.00 bits per heavy atom. The Morgan fingerprint density at radius 3 is 2.68 bits per heavy atom. The monoisotopic (exact) mass is 422 g/mol. The molecule has 0 radical (unpaired) electrons. The van der Waals surface area contributed by atoms with Crippen molar-refractivity contribution in [2.75, 3.05) is 25.4 Å². The molecule has 4 heterocycles. The van der Waals surface area contributed by atoms with Crippen molar-refractivity contribution in [2.45, 2.75) is 45.3 Å². The lowest BCUT2D eigenvalue weighted by Crippen LogP contribution is -2.34. The Kier molecular flexibility index (Phi) is 5.65. The Hall–Kier alpha value is -3.02. The number of nitrogens with two attached hydrogens (primary N) is 1. The molecule has 1 aliphatic rings. The van der Waals surface area contributed by atoms with Crippen LogP contribution < -0.4 is 5.73 Å². The molecule has 1 fully saturated rings. The molecule has 0 amide bonds. The second kappa shape index (κ2) is 8.25. The molecule has 8 heteroatoms. The minimum absolute atomic E-state index is 0.0182. The van der Waals surface area contributed by atoms with Gasteiger partial charge in [-0.05, 0) is 45.2 Å². The molecule has 0 saturated carbocycles. The molecule has 3 aromatic rings. The van der Waals surface area contributed by atoms with Gasteiger partial charge in [0.2, 0.25) is 5.95 Å². The van der Waals surface area contributed by atoms with Gasteiger partial charge in [-0.1, -0.05) is 12.8 Å². The Morgan fingerprint density at radius 1 is 1.26 bits per heavy atom. The number of hydrogen-bond acceptors (Lipinski definition) is 6. The fourth-order valence-corrected chi connectivity index (χ4v) is 4.01. The quantitative estimate of drug-likeness (QED) is 0.631. The molecule has 0 atom stereocenters. The highest BCUT2D eigenvalue weighted by Gasteiger charge is 2.24. The van der Waals surface area contributed by atoms with E-state index in [2.05, 4.69) is 43.2 Å². The molecular weight excluding hydrogens is 395 g/mol. The summed E-state index contributed by atoms with van der Waals surface area (Å²) >= 11 is 0. The Bertz CT molecular complexity index is 1160. The molecule has 3 aromatic heterocycles. The number of aromatic nitrogens is 4. The molecule has 0 aromatic carbocycles. The van der Waals surface area contributed by atoms with Crippen LogP contribution in [-0.4, -0.2) is 54.8 Å². The highest BCUT2D eigenvalue weighted by Crippen LogP contribution is 2.35. The number of piperidine rings is 1. The lowest BCUT2D eigenvalue weighted by atomic mass is 10.0. The van der Waals surface area contributed by atoms with Gasteiger partial charge in [0.15, 0.2) is 5.82 Å². The van der Waals surface area contributed by atoms with Gasteiger partial charge in [-0.15, -0.1) is 0 Å². The molecule has 0 spiro atoms. The van der Waals surface area contributed by atoms with Gasteiger partial charge >= 0.3 is 0 Å². The number of anilines is 1. The van der Waals surface area contributed by atoms with Crippen molar-refractivity contribution in [1.29, 1.82) is 0 Å². The standard InChI is InChI=1S/C23H27FN6O/c1-4-29-9-6-16(7-10-29)30-14-18(21-19(24)12-27-22(25)28-21)17-11-15(26-13-20(17)30)5-8-23(2,3)31/h11-14,16,31H,4,6-7,9-10H2,1-3H3,(H2,25,27,28). The summed E-state index contributed by atoms with van der Waals surface area (Å²) in [7, 11) is 0. The van der Waals surface area contributed by atoms with E-state index in [0.29, 0.717) is 11.3 Å². The van der Waals surface area contributed by atoms with Crippen LogP contribution in [0.4, 0.5) is 10.3 Å². The van der Waals surface area contributed by atoms with Crippen molar-refractivity contribution in [3.63, 3.8) is 0 Å². The first-order valence-electron chi connectivity index (χ1n) is 10.5. The van der Waals surface area contributed by atoms with E-state index in [-0.39, 0.29) is 17.7 Å². The Labute approximate surface area is 181 Å². The fraction of sp³-hybridized carbons (Fsp3) is 0.435. The number of halogens is 1. The number of likely N-dealkylation sites (tertiary alicyclic amines) is 1. The predicted molar refractivity (Wildman–Crippen MR) is 119 cm³/mol. The zero-order chi connectivity index (χ0) is 22.2. The smallest absolute Gasteiger partial charge is 0.220 e. The first-order valence-corrected chi connectivity index (χ1v) is 10.5. The predicted octanol–water partition coefficient (Wildman–Crippen LogP) is 2.99. The van der Waals surface area contributed by atoms with Gasteiger partial charge in [-0.3, -0.25) is 0 Å². The summed E-state index contributed by atoms with van der Waals surface area (Å²) in [6, 6.07) is 2.11. The van der Waals surface area contributed by atoms with E-state index in [1.807, 2.05) is 12.3 Å². The average Bonchev–Trinajstić information content (AvgIpc) is 3.12. The van der Waals surface area contributed by atoms with E-state index < -0.39 is 11.4 Å². The number of fused-ring (bicyclic) bond motifs is 1. The highest BCUT2D eigenvalue weighted by atomic mass is 19.1. The van der Waals surface area contributed by atoms with Crippen LogP contribution in [-0.2, 0) is 0 Å². The van der Waals surface area contributed by atoms with E-state index in [1.54, 1.807) is 20.0 Å². The zero-order valence-electron chi connectivity index (χ0n) is 18.1. The van der Waals surface area contributed by atoms with Crippen LogP contribution in [0.15, 0.2) is 24.7 Å². The average molecular weight is 423 g/mol. The lowest BCUT2D eigenvalue weighted by Gasteiger charge is -2.32. The van der Waals surface area contributed by atoms with Crippen LogP contribution in [0, 0.1) is 17.7 Å². The highest BCUT2D eigenvalue weighted by molar-refractivity contribution is 5.95. The van der Waals surface area contributed by atoms with Crippen LogP contribution in [0.3, 0.4) is 0 Å². The maximum atomic E-state index is 14.7. The Balaban J connectivity index is 1.85. The number of rotatable bonds is 3. The van der Waals surface area contributed by atoms with Crippen LogP contribution in [0.1, 0.15) is 45.3 Å². The molecule has 0 unspecified atom stereocenters. The van der Waals surface area contributed by atoms with Gasteiger partial charge in [0, 0.05) is 36.3 Å². The summed E-state index contributed by atoms with van der Waals surface area (Å²) in [6.07, 6.45) is 6.81. The van der Waals surface area contributed by atoms with Crippen LogP contribution in [0.25, 0.3) is 22.2 Å². The van der Waals surface area contributed by atoms with E-state index >= 15 is 0 Å². The van der Waals surface area contributed by atoms with E-state index in [0.717, 1.165) is 49.6 Å². The second-order valence-corrected chi connectivity index (χ2v) is 8.44. The van der Waals surface area contributed by atoms with Crippen LogP contribution >= 0.6 is 0 Å². The summed E-state index contributed by atoms with van der Waals surface area (Å²) in [5.41, 5.74) is 6.81. The van der Waals surface area contributed by atoms with Gasteiger partial charge in [0.05, 0.1) is 17.9 Å². The zero-order valence-corrected chi connectivity index (χ0v) is 18.1. The van der Waals surface area contributed by atoms with Gasteiger partial charge < -0.3 is 20.3 Å². The second-order valence-electron chi connectivity index (χ2n) is 8.44. The van der Waals surface area contributed by atoms with Gasteiger partial charge in [0.25, 0.3) is 0 Å². The van der Waals surface area contributed by atoms with Crippen LogP contribution in [0.5, 0.6) is 0 Å². The van der Waals surface area contributed by atoms with Crippen molar-refractivity contribution in [1.82, 2.24) is 24.4 Å². The van der Waals surface area contributed by atoms with Crippen molar-refractivity contribution >= 4 is 16.9 Å². The topological polar surface area (TPSA) is 93.1 Å². The van der Waals surface area contributed by atoms with Gasteiger partial charge in [0.1, 0.15) is 17.0 Å². The number of hydrogen-bond donors (Lipinski definition) is 2. The van der Waals surface area contributed by atoms with Crippen LogP contribution in [0.2, 0.25) is 0 Å². The lowest BCUT2D eigenvalue weighted by molar-refractivity contribution is 0.143. The van der Waals surface area contributed by atoms with E-state index in [1.165, 1.54) is 0 Å². The van der Waals surface area contributed by atoms with Crippen molar-refractivity contribution in [3.8, 4) is 23.1 Å². The summed E-state index contributed by atoms with van der Waals surface area (Å²) in [5.74, 6) is 5.17. The van der Waals surface area contributed by atoms with Crippen molar-refractivity contribution in [3.05, 3.63) is 36.2 Å². The first-order chi connectivity index (χ1) is 14.7. The summed E-state index contributed by atoms with van der Waals surface area (Å²) in [5, 5.41) is 10.7. The molecule has 31 heavy (non-hydrogen) atoms. The van der Waals surface area contributed by atoms with Gasteiger partial charge in [-0.2, -0.15) is 0 Å². The molecule has 7 nitrogen and oxygen atoms in total. The van der Waals surface area contributed by atoms with E-state index in [4.69, 9.17) is 5.73 Å². The van der Waals surface area contributed by atoms with Gasteiger partial charge in [-0.25, -0.2) is 19.3 Å². The van der Waals surface area contributed by atoms with Crippen molar-refractivity contribution < 1.29 is 9.50 Å². The summed E-state index contributed by atoms with van der Waals surface area (Å²) < 4.78 is 16.8.